The van der Waals surface area contributed by atoms with Crippen molar-refractivity contribution in [2.75, 3.05) is 24.7 Å². The summed E-state index contributed by atoms with van der Waals surface area (Å²) in [7, 11) is -3.08. The van der Waals surface area contributed by atoms with Gasteiger partial charge in [0.05, 0.1) is 5.75 Å². The number of alkyl halides is 1. The van der Waals surface area contributed by atoms with Crippen molar-refractivity contribution in [3.63, 3.8) is 0 Å². The predicted octanol–water partition coefficient (Wildman–Crippen LogP) is 2.70. The van der Waals surface area contributed by atoms with Gasteiger partial charge in [0, 0.05) is 19.0 Å². The largest absolute Gasteiger partial charge is 0.214 e. The Balaban J connectivity index is 2.47. The zero-order valence-corrected chi connectivity index (χ0v) is 12.4. The van der Waals surface area contributed by atoms with Crippen molar-refractivity contribution in [3.8, 4) is 0 Å². The van der Waals surface area contributed by atoms with Crippen LogP contribution >= 0.6 is 11.6 Å². The van der Waals surface area contributed by atoms with Crippen LogP contribution in [0.15, 0.2) is 0 Å². The van der Waals surface area contributed by atoms with E-state index in [9.17, 15) is 8.42 Å². The van der Waals surface area contributed by atoms with Gasteiger partial charge in [-0.1, -0.05) is 26.7 Å². The van der Waals surface area contributed by atoms with Gasteiger partial charge in [-0.2, -0.15) is 0 Å². The lowest BCUT2D eigenvalue weighted by molar-refractivity contribution is 0.261. The maximum absolute atomic E-state index is 12.1. The monoisotopic (exact) mass is 281 g/mol. The van der Waals surface area contributed by atoms with Gasteiger partial charge in [-0.15, -0.1) is 11.6 Å². The summed E-state index contributed by atoms with van der Waals surface area (Å²) < 4.78 is 25.8. The Bertz CT molecular complexity index is 310. The first kappa shape index (κ1) is 15.3. The van der Waals surface area contributed by atoms with Crippen molar-refractivity contribution in [3.05, 3.63) is 0 Å². The molecule has 0 aliphatic carbocycles. The second-order valence-electron chi connectivity index (χ2n) is 5.17. The molecule has 1 aliphatic heterocycles. The summed E-state index contributed by atoms with van der Waals surface area (Å²) in [5.74, 6) is 1.35. The van der Waals surface area contributed by atoms with Crippen LogP contribution in [-0.2, 0) is 10.0 Å². The Kier molecular flexibility index (Phi) is 6.24. The van der Waals surface area contributed by atoms with Crippen molar-refractivity contribution in [1.82, 2.24) is 4.31 Å². The van der Waals surface area contributed by atoms with E-state index in [2.05, 4.69) is 6.92 Å². The second-order valence-corrected chi connectivity index (χ2v) is 7.49. The van der Waals surface area contributed by atoms with Crippen LogP contribution in [0.25, 0.3) is 0 Å². The molecule has 1 aliphatic rings. The van der Waals surface area contributed by atoms with Crippen LogP contribution in [0, 0.1) is 11.8 Å². The minimum Gasteiger partial charge on any atom is -0.212 e. The minimum atomic E-state index is -3.08. The fourth-order valence-corrected chi connectivity index (χ4v) is 4.45. The van der Waals surface area contributed by atoms with Crippen LogP contribution in [0.5, 0.6) is 0 Å². The molecule has 0 N–H and O–H groups in total. The van der Waals surface area contributed by atoms with Crippen molar-refractivity contribution in [2.24, 2.45) is 11.8 Å². The molecule has 0 aromatic rings. The fraction of sp³-hybridized carbons (Fsp3) is 1.00. The molecule has 0 saturated carbocycles. The first-order chi connectivity index (χ1) is 7.99. The van der Waals surface area contributed by atoms with E-state index in [0.717, 1.165) is 18.8 Å². The van der Waals surface area contributed by atoms with E-state index in [0.29, 0.717) is 19.0 Å². The smallest absolute Gasteiger partial charge is 0.212 e. The molecule has 1 unspecified atom stereocenters. The standard InChI is InChI=1S/C12H24ClNO2S/c1-3-4-12-5-7-14(8-6-12)17(15,16)10-11(2)9-13/h11-12H,3-10H2,1-2H3. The first-order valence-corrected chi connectivity index (χ1v) is 8.67. The zero-order valence-electron chi connectivity index (χ0n) is 10.9. The Labute approximate surface area is 111 Å². The highest BCUT2D eigenvalue weighted by Gasteiger charge is 2.28. The summed E-state index contributed by atoms with van der Waals surface area (Å²) in [6, 6.07) is 0. The summed E-state index contributed by atoms with van der Waals surface area (Å²) >= 11 is 5.68. The van der Waals surface area contributed by atoms with E-state index in [-0.39, 0.29) is 11.7 Å². The van der Waals surface area contributed by atoms with E-state index < -0.39 is 10.0 Å². The molecule has 17 heavy (non-hydrogen) atoms. The molecule has 0 bridgehead atoms. The lowest BCUT2D eigenvalue weighted by atomic mass is 9.94. The third kappa shape index (κ3) is 4.76. The van der Waals surface area contributed by atoms with Gasteiger partial charge in [-0.05, 0) is 24.7 Å². The molecule has 1 rings (SSSR count). The van der Waals surface area contributed by atoms with Gasteiger partial charge in [-0.3, -0.25) is 0 Å². The van der Waals surface area contributed by atoms with E-state index in [1.54, 1.807) is 4.31 Å². The topological polar surface area (TPSA) is 37.4 Å². The molecule has 1 atom stereocenters. The van der Waals surface area contributed by atoms with E-state index in [4.69, 9.17) is 11.6 Å². The molecule has 0 spiro atoms. The summed E-state index contributed by atoms with van der Waals surface area (Å²) in [5.41, 5.74) is 0. The molecule has 0 amide bonds. The molecule has 5 heteroatoms. The maximum atomic E-state index is 12.1. The van der Waals surface area contributed by atoms with E-state index in [1.807, 2.05) is 6.92 Å². The molecule has 0 aromatic heterocycles. The SMILES string of the molecule is CCCC1CCN(S(=O)(=O)CC(C)CCl)CC1. The highest BCUT2D eigenvalue weighted by atomic mass is 35.5. The van der Waals surface area contributed by atoms with Gasteiger partial charge in [0.15, 0.2) is 0 Å². The fourth-order valence-electron chi connectivity index (χ4n) is 2.39. The normalized spacial score (nSPS) is 21.6. The number of rotatable bonds is 6. The van der Waals surface area contributed by atoms with Gasteiger partial charge < -0.3 is 0 Å². The zero-order chi connectivity index (χ0) is 12.9. The summed E-state index contributed by atoms with van der Waals surface area (Å²) in [6.45, 7) is 5.46. The average molecular weight is 282 g/mol. The van der Waals surface area contributed by atoms with Crippen LogP contribution < -0.4 is 0 Å². The van der Waals surface area contributed by atoms with Gasteiger partial charge in [0.25, 0.3) is 0 Å². The second kappa shape index (κ2) is 6.95. The van der Waals surface area contributed by atoms with E-state index in [1.165, 1.54) is 12.8 Å². The quantitative estimate of drug-likeness (QED) is 0.702. The van der Waals surface area contributed by atoms with E-state index >= 15 is 0 Å². The van der Waals surface area contributed by atoms with Crippen molar-refractivity contribution in [2.45, 2.75) is 39.5 Å². The summed E-state index contributed by atoms with van der Waals surface area (Å²) in [5, 5.41) is 0. The number of hydrogen-bond acceptors (Lipinski definition) is 2. The third-order valence-electron chi connectivity index (χ3n) is 3.42. The van der Waals surface area contributed by atoms with Crippen molar-refractivity contribution in [1.29, 1.82) is 0 Å². The van der Waals surface area contributed by atoms with Crippen molar-refractivity contribution >= 4 is 21.6 Å². The Morgan fingerprint density at radius 1 is 1.35 bits per heavy atom. The highest BCUT2D eigenvalue weighted by molar-refractivity contribution is 7.89. The predicted molar refractivity (Wildman–Crippen MR) is 72.9 cm³/mol. The molecule has 102 valence electrons. The van der Waals surface area contributed by atoms with Gasteiger partial charge in [0.2, 0.25) is 10.0 Å². The molecular weight excluding hydrogens is 258 g/mol. The number of sulfonamides is 1. The maximum Gasteiger partial charge on any atom is 0.214 e. The Morgan fingerprint density at radius 3 is 2.41 bits per heavy atom. The summed E-state index contributed by atoms with van der Waals surface area (Å²) in [4.78, 5) is 0. The first-order valence-electron chi connectivity index (χ1n) is 6.53. The number of piperidine rings is 1. The molecule has 1 fully saturated rings. The van der Waals surface area contributed by atoms with Gasteiger partial charge in [0.1, 0.15) is 0 Å². The highest BCUT2D eigenvalue weighted by Crippen LogP contribution is 2.24. The van der Waals surface area contributed by atoms with Crippen LogP contribution in [0.1, 0.15) is 39.5 Å². The molecule has 0 aromatic carbocycles. The Hall–Kier alpha value is 0.200. The van der Waals surface area contributed by atoms with Crippen molar-refractivity contribution < 1.29 is 8.42 Å². The van der Waals surface area contributed by atoms with Crippen LogP contribution in [0.3, 0.4) is 0 Å². The summed E-state index contributed by atoms with van der Waals surface area (Å²) in [6.07, 6.45) is 4.46. The lowest BCUT2D eigenvalue weighted by Crippen LogP contribution is -2.40. The van der Waals surface area contributed by atoms with Crippen LogP contribution in [0.4, 0.5) is 0 Å². The molecule has 1 saturated heterocycles. The minimum absolute atomic E-state index is 0.0371. The molecule has 0 radical (unpaired) electrons. The third-order valence-corrected chi connectivity index (χ3v) is 6.09. The number of nitrogens with zero attached hydrogens (tertiary/aromatic N) is 1. The van der Waals surface area contributed by atoms with Crippen LogP contribution in [-0.4, -0.2) is 37.4 Å². The molecule has 3 nitrogen and oxygen atoms in total. The van der Waals surface area contributed by atoms with Crippen LogP contribution in [0.2, 0.25) is 0 Å². The molecular formula is C12H24ClNO2S. The average Bonchev–Trinajstić information content (AvgIpc) is 2.29. The molecule has 1 heterocycles. The lowest BCUT2D eigenvalue weighted by Gasteiger charge is -2.31. The Morgan fingerprint density at radius 2 is 1.94 bits per heavy atom. The number of hydrogen-bond donors (Lipinski definition) is 0. The van der Waals surface area contributed by atoms with Gasteiger partial charge in [-0.25, -0.2) is 12.7 Å². The number of halogens is 1. The van der Waals surface area contributed by atoms with Gasteiger partial charge >= 0.3 is 0 Å².